The van der Waals surface area contributed by atoms with Gasteiger partial charge in [-0.05, 0) is 50.3 Å². The maximum atomic E-state index is 12.4. The van der Waals surface area contributed by atoms with Gasteiger partial charge < -0.3 is 9.84 Å². The predicted molar refractivity (Wildman–Crippen MR) is 94.2 cm³/mol. The minimum atomic E-state index is -0.902. The molecule has 1 aliphatic carbocycles. The highest BCUT2D eigenvalue weighted by molar-refractivity contribution is 6.05. The molecule has 5 nitrogen and oxygen atoms in total. The lowest BCUT2D eigenvalue weighted by molar-refractivity contribution is -0.141. The first kappa shape index (κ1) is 17.7. The van der Waals surface area contributed by atoms with E-state index in [1.54, 1.807) is 0 Å². The second-order valence-corrected chi connectivity index (χ2v) is 7.06. The van der Waals surface area contributed by atoms with E-state index in [2.05, 4.69) is 0 Å². The van der Waals surface area contributed by atoms with Crippen LogP contribution in [0.2, 0.25) is 0 Å². The van der Waals surface area contributed by atoms with Crippen LogP contribution in [-0.4, -0.2) is 41.1 Å². The van der Waals surface area contributed by atoms with E-state index < -0.39 is 6.10 Å². The lowest BCUT2D eigenvalue weighted by Crippen LogP contribution is -2.40. The number of rotatable bonds is 5. The van der Waals surface area contributed by atoms with Crippen LogP contribution < -0.4 is 4.74 Å². The molecule has 1 N–H and O–H groups in total. The Hall–Kier alpha value is -2.14. The first-order chi connectivity index (χ1) is 11.9. The molecule has 2 amide bonds. The Morgan fingerprint density at radius 2 is 1.64 bits per heavy atom. The average molecular weight is 343 g/mol. The monoisotopic (exact) mass is 343 g/mol. The first-order valence-electron chi connectivity index (χ1n) is 8.78. The lowest BCUT2D eigenvalue weighted by Gasteiger charge is -2.21. The Morgan fingerprint density at radius 1 is 1.08 bits per heavy atom. The highest BCUT2D eigenvalue weighted by Gasteiger charge is 2.47. The van der Waals surface area contributed by atoms with Crippen LogP contribution in [0.1, 0.15) is 29.5 Å². The number of β-amino-alcohol motifs (C(OH)–C–C–N with tert-alkyl or cyclic N) is 1. The Balaban J connectivity index is 1.62. The number of likely N-dealkylation sites (tertiary alicyclic amines) is 1. The number of nitrogens with zero attached hydrogens (tertiary/aromatic N) is 1. The van der Waals surface area contributed by atoms with Crippen LogP contribution in [0.4, 0.5) is 0 Å². The number of allylic oxidation sites excluding steroid dienone is 2. The number of fused-ring (bicyclic) bond motifs is 1. The molecular formula is C20H25NO4. The molecule has 1 aliphatic heterocycles. The van der Waals surface area contributed by atoms with Gasteiger partial charge in [0.25, 0.3) is 0 Å². The van der Waals surface area contributed by atoms with Crippen molar-refractivity contribution in [3.63, 3.8) is 0 Å². The predicted octanol–water partition coefficient (Wildman–Crippen LogP) is 2.30. The zero-order valence-electron chi connectivity index (χ0n) is 15.0. The van der Waals surface area contributed by atoms with Crippen molar-refractivity contribution in [2.45, 2.75) is 39.7 Å². The number of amides is 2. The molecular weight excluding hydrogens is 318 g/mol. The molecule has 1 fully saturated rings. The van der Waals surface area contributed by atoms with Gasteiger partial charge in [-0.2, -0.15) is 0 Å². The summed E-state index contributed by atoms with van der Waals surface area (Å²) in [6.07, 6.45) is 4.23. The Kier molecular flexibility index (Phi) is 4.95. The van der Waals surface area contributed by atoms with Gasteiger partial charge in [0, 0.05) is 0 Å². The Labute approximate surface area is 148 Å². The fourth-order valence-electron chi connectivity index (χ4n) is 3.64. The van der Waals surface area contributed by atoms with Gasteiger partial charge in [0.05, 0.1) is 18.4 Å². The van der Waals surface area contributed by atoms with Gasteiger partial charge in [-0.15, -0.1) is 0 Å². The minimum absolute atomic E-state index is 0.00538. The summed E-state index contributed by atoms with van der Waals surface area (Å²) in [6.45, 7) is 5.99. The third-order valence-corrected chi connectivity index (χ3v) is 5.29. The van der Waals surface area contributed by atoms with Crippen molar-refractivity contribution in [2.24, 2.45) is 11.8 Å². The molecule has 0 unspecified atom stereocenters. The zero-order chi connectivity index (χ0) is 18.1. The highest BCUT2D eigenvalue weighted by atomic mass is 16.5. The molecule has 3 atom stereocenters. The molecule has 134 valence electrons. The van der Waals surface area contributed by atoms with E-state index in [4.69, 9.17) is 4.74 Å². The quantitative estimate of drug-likeness (QED) is 0.658. The van der Waals surface area contributed by atoms with Crippen LogP contribution in [-0.2, 0) is 9.59 Å². The van der Waals surface area contributed by atoms with Crippen LogP contribution in [0.25, 0.3) is 0 Å². The molecule has 1 aromatic carbocycles. The molecule has 5 heteroatoms. The van der Waals surface area contributed by atoms with E-state index in [0.29, 0.717) is 12.8 Å². The molecule has 25 heavy (non-hydrogen) atoms. The molecule has 1 heterocycles. The van der Waals surface area contributed by atoms with E-state index in [1.807, 2.05) is 45.1 Å². The zero-order valence-corrected chi connectivity index (χ0v) is 15.0. The number of carbonyl (C=O) groups is 2. The van der Waals surface area contributed by atoms with Gasteiger partial charge in [-0.1, -0.05) is 24.3 Å². The van der Waals surface area contributed by atoms with Crippen molar-refractivity contribution < 1.29 is 19.4 Å². The van der Waals surface area contributed by atoms with Crippen molar-refractivity contribution >= 4 is 11.8 Å². The number of hydrogen-bond donors (Lipinski definition) is 1. The van der Waals surface area contributed by atoms with Gasteiger partial charge in [-0.3, -0.25) is 14.5 Å². The molecule has 0 saturated carbocycles. The van der Waals surface area contributed by atoms with Crippen molar-refractivity contribution in [1.82, 2.24) is 4.90 Å². The summed E-state index contributed by atoms with van der Waals surface area (Å²) in [4.78, 5) is 26.1. The van der Waals surface area contributed by atoms with Gasteiger partial charge in [0.1, 0.15) is 18.5 Å². The van der Waals surface area contributed by atoms with Crippen molar-refractivity contribution in [3.8, 4) is 5.75 Å². The molecule has 0 spiro atoms. The molecule has 1 aromatic rings. The van der Waals surface area contributed by atoms with Crippen molar-refractivity contribution in [2.75, 3.05) is 13.2 Å². The minimum Gasteiger partial charge on any atom is -0.490 e. The van der Waals surface area contributed by atoms with Crippen molar-refractivity contribution in [3.05, 3.63) is 41.0 Å². The molecule has 2 aliphatic rings. The third kappa shape index (κ3) is 3.33. The SMILES string of the molecule is Cc1ccc(C)c(OC[C@H](O)CN2C(=O)[C@@H]3CC=CC[C@H]3C2=O)c1C. The second-order valence-electron chi connectivity index (χ2n) is 7.06. The van der Waals surface area contributed by atoms with E-state index in [9.17, 15) is 14.7 Å². The number of ether oxygens (including phenoxy) is 1. The van der Waals surface area contributed by atoms with E-state index in [-0.39, 0.29) is 36.8 Å². The molecule has 1 saturated heterocycles. The highest BCUT2D eigenvalue weighted by Crippen LogP contribution is 2.35. The standard InChI is InChI=1S/C20H25NO4/c1-12-8-9-13(2)18(14(12)3)25-11-15(22)10-21-19(23)16-6-4-5-7-17(16)20(21)24/h4-5,8-9,15-17,22H,6-7,10-11H2,1-3H3/t15-,16-,17-/m1/s1. The molecule has 3 rings (SSSR count). The van der Waals surface area contributed by atoms with Gasteiger partial charge >= 0.3 is 0 Å². The Bertz CT molecular complexity index is 699. The fraction of sp³-hybridized carbons (Fsp3) is 0.500. The van der Waals surface area contributed by atoms with Crippen LogP contribution in [0, 0.1) is 32.6 Å². The fourth-order valence-corrected chi connectivity index (χ4v) is 3.64. The number of benzene rings is 1. The summed E-state index contributed by atoms with van der Waals surface area (Å²) < 4.78 is 5.80. The maximum Gasteiger partial charge on any atom is 0.233 e. The smallest absolute Gasteiger partial charge is 0.233 e. The van der Waals surface area contributed by atoms with E-state index in [1.165, 1.54) is 4.90 Å². The van der Waals surface area contributed by atoms with Crippen LogP contribution >= 0.6 is 0 Å². The normalized spacial score (nSPS) is 23.8. The Morgan fingerprint density at radius 3 is 2.24 bits per heavy atom. The summed E-state index contributed by atoms with van der Waals surface area (Å²) in [7, 11) is 0. The summed E-state index contributed by atoms with van der Waals surface area (Å²) in [5, 5.41) is 10.3. The van der Waals surface area contributed by atoms with Crippen molar-refractivity contribution in [1.29, 1.82) is 0 Å². The van der Waals surface area contributed by atoms with Gasteiger partial charge in [0.2, 0.25) is 11.8 Å². The lowest BCUT2D eigenvalue weighted by atomic mass is 9.85. The van der Waals surface area contributed by atoms with Crippen LogP contribution in [0.5, 0.6) is 5.75 Å². The average Bonchev–Trinajstić information content (AvgIpc) is 2.84. The largest absolute Gasteiger partial charge is 0.490 e. The number of aliphatic hydroxyl groups is 1. The summed E-state index contributed by atoms with van der Waals surface area (Å²) in [5.41, 5.74) is 3.16. The van der Waals surface area contributed by atoms with Crippen LogP contribution in [0.15, 0.2) is 24.3 Å². The van der Waals surface area contributed by atoms with Gasteiger partial charge in [0.15, 0.2) is 0 Å². The van der Waals surface area contributed by atoms with E-state index >= 15 is 0 Å². The summed E-state index contributed by atoms with van der Waals surface area (Å²) >= 11 is 0. The molecule has 0 bridgehead atoms. The first-order valence-corrected chi connectivity index (χ1v) is 8.78. The second kappa shape index (κ2) is 7.00. The molecule has 0 aromatic heterocycles. The third-order valence-electron chi connectivity index (χ3n) is 5.29. The number of carbonyl (C=O) groups excluding carboxylic acids is 2. The number of aryl methyl sites for hydroxylation is 2. The number of imide groups is 1. The van der Waals surface area contributed by atoms with Crippen LogP contribution in [0.3, 0.4) is 0 Å². The van der Waals surface area contributed by atoms with Gasteiger partial charge in [-0.25, -0.2) is 0 Å². The summed E-state index contributed by atoms with van der Waals surface area (Å²) in [5.74, 6) is -0.0858. The molecule has 0 radical (unpaired) electrons. The maximum absolute atomic E-state index is 12.4. The van der Waals surface area contributed by atoms with E-state index in [0.717, 1.165) is 22.4 Å². The number of hydrogen-bond acceptors (Lipinski definition) is 4. The summed E-state index contributed by atoms with van der Waals surface area (Å²) in [6, 6.07) is 4.01. The number of aliphatic hydroxyl groups excluding tert-OH is 1. The topological polar surface area (TPSA) is 66.8 Å².